The van der Waals surface area contributed by atoms with Crippen molar-refractivity contribution < 1.29 is 0 Å². The van der Waals surface area contributed by atoms with Gasteiger partial charge in [-0.1, -0.05) is 13.3 Å². The second-order valence-electron chi connectivity index (χ2n) is 4.82. The first kappa shape index (κ1) is 12.6. The highest BCUT2D eigenvalue weighted by Crippen LogP contribution is 2.47. The van der Waals surface area contributed by atoms with Crippen LogP contribution < -0.4 is 11.1 Å². The van der Waals surface area contributed by atoms with Gasteiger partial charge in [-0.2, -0.15) is 16.9 Å². The molecule has 0 atom stereocenters. The van der Waals surface area contributed by atoms with Crippen molar-refractivity contribution in [1.29, 1.82) is 0 Å². The highest BCUT2D eigenvalue weighted by Gasteiger charge is 2.41. The fourth-order valence-corrected chi connectivity index (χ4v) is 2.79. The molecular formula is C12H22N4S. The Balaban J connectivity index is 2.05. The lowest BCUT2D eigenvalue weighted by Crippen LogP contribution is -2.19. The Hall–Kier alpha value is -0.840. The molecule has 3 N–H and O–H groups in total. The van der Waals surface area contributed by atoms with Crippen LogP contribution in [0.25, 0.3) is 0 Å². The van der Waals surface area contributed by atoms with Crippen LogP contribution in [0.3, 0.4) is 0 Å². The van der Waals surface area contributed by atoms with Crippen LogP contribution in [0.5, 0.6) is 0 Å². The van der Waals surface area contributed by atoms with E-state index in [9.17, 15) is 0 Å². The zero-order chi connectivity index (χ0) is 12.5. The summed E-state index contributed by atoms with van der Waals surface area (Å²) in [6.07, 6.45) is 6.83. The van der Waals surface area contributed by atoms with Crippen LogP contribution in [-0.4, -0.2) is 27.3 Å². The van der Waals surface area contributed by atoms with Crippen LogP contribution in [0.1, 0.15) is 31.9 Å². The summed E-state index contributed by atoms with van der Waals surface area (Å²) in [5.41, 5.74) is 7.97. The number of nitrogens with zero attached hydrogens (tertiary/aromatic N) is 2. The van der Waals surface area contributed by atoms with Gasteiger partial charge in [-0.25, -0.2) is 0 Å². The summed E-state index contributed by atoms with van der Waals surface area (Å²) in [5.74, 6) is 0.980. The van der Waals surface area contributed by atoms with Gasteiger partial charge < -0.3 is 11.1 Å². The zero-order valence-corrected chi connectivity index (χ0v) is 11.7. The Kier molecular flexibility index (Phi) is 3.56. The highest BCUT2D eigenvalue weighted by molar-refractivity contribution is 8.00. The number of nitrogen functional groups attached to an aromatic ring is 1. The van der Waals surface area contributed by atoms with Crippen molar-refractivity contribution in [2.75, 3.05) is 23.9 Å². The third kappa shape index (κ3) is 2.54. The Morgan fingerprint density at radius 1 is 1.53 bits per heavy atom. The molecule has 17 heavy (non-hydrogen) atoms. The van der Waals surface area contributed by atoms with E-state index in [1.54, 1.807) is 0 Å². The minimum atomic E-state index is 0.446. The molecule has 0 unspecified atom stereocenters. The molecule has 1 aromatic rings. The molecule has 96 valence electrons. The van der Waals surface area contributed by atoms with Crippen molar-refractivity contribution in [2.45, 2.75) is 37.4 Å². The Morgan fingerprint density at radius 3 is 2.76 bits per heavy atom. The second kappa shape index (κ2) is 4.80. The maximum Gasteiger partial charge on any atom is 0.147 e. The van der Waals surface area contributed by atoms with Crippen LogP contribution in [0, 0.1) is 0 Å². The Labute approximate surface area is 107 Å². The van der Waals surface area contributed by atoms with E-state index in [2.05, 4.69) is 23.6 Å². The van der Waals surface area contributed by atoms with E-state index in [0.29, 0.717) is 4.75 Å². The molecule has 1 aliphatic rings. The van der Waals surface area contributed by atoms with Crippen LogP contribution in [-0.2, 0) is 13.5 Å². The molecule has 0 aliphatic heterocycles. The molecular weight excluding hydrogens is 232 g/mol. The van der Waals surface area contributed by atoms with E-state index >= 15 is 0 Å². The lowest BCUT2D eigenvalue weighted by atomic mass is 10.2. The first-order chi connectivity index (χ1) is 8.12. The van der Waals surface area contributed by atoms with Crippen LogP contribution in [0.2, 0.25) is 0 Å². The van der Waals surface area contributed by atoms with Gasteiger partial charge in [0.1, 0.15) is 5.82 Å². The second-order valence-corrected chi connectivity index (χ2v) is 6.10. The predicted octanol–water partition coefficient (Wildman–Crippen LogP) is 2.26. The van der Waals surface area contributed by atoms with Crippen molar-refractivity contribution in [2.24, 2.45) is 7.05 Å². The molecule has 1 fully saturated rings. The van der Waals surface area contributed by atoms with Crippen molar-refractivity contribution in [1.82, 2.24) is 9.78 Å². The molecule has 0 bridgehead atoms. The maximum atomic E-state index is 6.13. The molecule has 0 aromatic carbocycles. The third-order valence-corrected chi connectivity index (χ3v) is 4.88. The average Bonchev–Trinajstić information content (AvgIpc) is 3.04. The first-order valence-electron chi connectivity index (χ1n) is 6.22. The number of anilines is 2. The van der Waals surface area contributed by atoms with Gasteiger partial charge >= 0.3 is 0 Å². The lowest BCUT2D eigenvalue weighted by Gasteiger charge is -2.14. The average molecular weight is 254 g/mol. The topological polar surface area (TPSA) is 55.9 Å². The van der Waals surface area contributed by atoms with Gasteiger partial charge in [0.25, 0.3) is 0 Å². The summed E-state index contributed by atoms with van der Waals surface area (Å²) in [5, 5.41) is 7.94. The SMILES string of the molecule is CCCc1nn(C)c(NCC2(SC)CC2)c1N. The number of thioether (sulfide) groups is 1. The van der Waals surface area contributed by atoms with Gasteiger partial charge in [-0.05, 0) is 25.5 Å². The first-order valence-corrected chi connectivity index (χ1v) is 7.45. The minimum absolute atomic E-state index is 0.446. The summed E-state index contributed by atoms with van der Waals surface area (Å²) in [6, 6.07) is 0. The fraction of sp³-hybridized carbons (Fsp3) is 0.750. The fourth-order valence-electron chi connectivity index (χ4n) is 2.06. The third-order valence-electron chi connectivity index (χ3n) is 3.47. The molecule has 0 spiro atoms. The van der Waals surface area contributed by atoms with Crippen LogP contribution in [0.15, 0.2) is 0 Å². The molecule has 1 aromatic heterocycles. The largest absolute Gasteiger partial charge is 0.394 e. The summed E-state index contributed by atoms with van der Waals surface area (Å²) >= 11 is 1.95. The van der Waals surface area contributed by atoms with Gasteiger partial charge in [0.15, 0.2) is 0 Å². The molecule has 2 rings (SSSR count). The molecule has 1 saturated carbocycles. The summed E-state index contributed by atoms with van der Waals surface area (Å²) in [7, 11) is 1.95. The van der Waals surface area contributed by atoms with Crippen molar-refractivity contribution in [3.63, 3.8) is 0 Å². The molecule has 0 saturated heterocycles. The van der Waals surface area contributed by atoms with E-state index in [-0.39, 0.29) is 0 Å². The number of hydrogen-bond donors (Lipinski definition) is 2. The highest BCUT2D eigenvalue weighted by atomic mass is 32.2. The molecule has 1 aliphatic carbocycles. The molecule has 1 heterocycles. The minimum Gasteiger partial charge on any atom is -0.394 e. The van der Waals surface area contributed by atoms with Crippen LogP contribution >= 0.6 is 11.8 Å². The van der Waals surface area contributed by atoms with Gasteiger partial charge in [0.05, 0.1) is 11.4 Å². The molecule has 4 nitrogen and oxygen atoms in total. The number of aromatic nitrogens is 2. The van der Waals surface area contributed by atoms with E-state index in [1.807, 2.05) is 23.5 Å². The van der Waals surface area contributed by atoms with Gasteiger partial charge in [0, 0.05) is 18.3 Å². The predicted molar refractivity (Wildman–Crippen MR) is 75.6 cm³/mol. The van der Waals surface area contributed by atoms with Crippen molar-refractivity contribution in [3.8, 4) is 0 Å². The Bertz CT molecular complexity index is 395. The lowest BCUT2D eigenvalue weighted by molar-refractivity contribution is 0.733. The molecule has 0 amide bonds. The van der Waals surface area contributed by atoms with Crippen molar-refractivity contribution >= 4 is 23.3 Å². The number of rotatable bonds is 6. The quantitative estimate of drug-likeness (QED) is 0.817. The summed E-state index contributed by atoms with van der Waals surface area (Å²) in [6.45, 7) is 3.14. The van der Waals surface area contributed by atoms with Crippen molar-refractivity contribution in [3.05, 3.63) is 5.69 Å². The monoisotopic (exact) mass is 254 g/mol. The van der Waals surface area contributed by atoms with Crippen LogP contribution in [0.4, 0.5) is 11.5 Å². The number of aryl methyl sites for hydroxylation is 2. The number of nitrogens with one attached hydrogen (secondary N) is 1. The normalized spacial score (nSPS) is 17.1. The number of nitrogens with two attached hydrogens (primary N) is 1. The number of hydrogen-bond acceptors (Lipinski definition) is 4. The molecule has 5 heteroatoms. The molecule has 0 radical (unpaired) electrons. The summed E-state index contributed by atoms with van der Waals surface area (Å²) < 4.78 is 2.32. The van der Waals surface area contributed by atoms with E-state index in [0.717, 1.165) is 36.6 Å². The smallest absolute Gasteiger partial charge is 0.147 e. The van der Waals surface area contributed by atoms with Gasteiger partial charge in [-0.15, -0.1) is 0 Å². The standard InChI is InChI=1S/C12H22N4S/c1-4-5-9-10(13)11(16(2)15-9)14-8-12(17-3)6-7-12/h14H,4-8,13H2,1-3H3. The summed E-state index contributed by atoms with van der Waals surface area (Å²) in [4.78, 5) is 0. The van der Waals surface area contributed by atoms with Gasteiger partial charge in [-0.3, -0.25) is 4.68 Å². The van der Waals surface area contributed by atoms with Gasteiger partial charge in [0.2, 0.25) is 0 Å². The van der Waals surface area contributed by atoms with E-state index in [1.165, 1.54) is 12.8 Å². The zero-order valence-electron chi connectivity index (χ0n) is 10.9. The van der Waals surface area contributed by atoms with E-state index < -0.39 is 0 Å². The maximum absolute atomic E-state index is 6.13. The Morgan fingerprint density at radius 2 is 2.24 bits per heavy atom. The van der Waals surface area contributed by atoms with E-state index in [4.69, 9.17) is 5.73 Å².